The van der Waals surface area contributed by atoms with Crippen molar-refractivity contribution in [3.8, 4) is 22.6 Å². The van der Waals surface area contributed by atoms with E-state index in [-0.39, 0.29) is 13.4 Å². The van der Waals surface area contributed by atoms with Crippen LogP contribution in [-0.2, 0) is 11.3 Å². The lowest BCUT2D eigenvalue weighted by molar-refractivity contribution is 0.0515. The average Bonchev–Trinajstić information content (AvgIpc) is 3.14. The molecule has 0 aliphatic heterocycles. The lowest BCUT2D eigenvalue weighted by Crippen LogP contribution is -2.03. The van der Waals surface area contributed by atoms with Crippen molar-refractivity contribution >= 4 is 11.6 Å². The molecule has 0 aliphatic carbocycles. The molecule has 0 radical (unpaired) electrons. The molecule has 1 N–H and O–H groups in total. The summed E-state index contributed by atoms with van der Waals surface area (Å²) in [5.74, 6) is 0.601. The second-order valence-electron chi connectivity index (χ2n) is 4.97. The lowest BCUT2D eigenvalue weighted by atomic mass is 10.0. The van der Waals surface area contributed by atoms with E-state index in [2.05, 4.69) is 10.1 Å². The minimum atomic E-state index is -0.222. The van der Waals surface area contributed by atoms with Crippen molar-refractivity contribution in [2.45, 2.75) is 6.61 Å². The van der Waals surface area contributed by atoms with Crippen LogP contribution in [0.25, 0.3) is 16.8 Å². The Morgan fingerprint density at radius 1 is 1.21 bits per heavy atom. The number of aromatic nitrogens is 3. The standard InChI is InChI=1S/C17H16ClN3O3/c1-23-11-24-16-9-12(21-8-2-7-19-21)3-4-14(16)13-5-6-17(18)20-15(13)10-22/h2-9,22H,10-11H2,1H3. The van der Waals surface area contributed by atoms with Crippen LogP contribution in [0.1, 0.15) is 5.69 Å². The molecule has 0 fully saturated rings. The summed E-state index contributed by atoms with van der Waals surface area (Å²) in [7, 11) is 1.56. The molecular formula is C17H16ClN3O3. The molecule has 2 aromatic heterocycles. The maximum atomic E-state index is 9.58. The predicted molar refractivity (Wildman–Crippen MR) is 90.2 cm³/mol. The number of aliphatic hydroxyl groups is 1. The third kappa shape index (κ3) is 3.41. The zero-order valence-electron chi connectivity index (χ0n) is 13.0. The zero-order valence-corrected chi connectivity index (χ0v) is 13.8. The number of rotatable bonds is 6. The number of nitrogens with zero attached hydrogens (tertiary/aromatic N) is 3. The molecule has 0 saturated heterocycles. The van der Waals surface area contributed by atoms with Gasteiger partial charge in [0.25, 0.3) is 0 Å². The highest BCUT2D eigenvalue weighted by molar-refractivity contribution is 6.29. The van der Waals surface area contributed by atoms with Gasteiger partial charge < -0.3 is 14.6 Å². The average molecular weight is 346 g/mol. The highest BCUT2D eigenvalue weighted by Gasteiger charge is 2.14. The second kappa shape index (κ2) is 7.44. The number of hydrogen-bond donors (Lipinski definition) is 1. The van der Waals surface area contributed by atoms with Crippen LogP contribution < -0.4 is 4.74 Å². The SMILES string of the molecule is COCOc1cc(-n2cccn2)ccc1-c1ccc(Cl)nc1CO. The van der Waals surface area contributed by atoms with Crippen molar-refractivity contribution < 1.29 is 14.6 Å². The zero-order chi connectivity index (χ0) is 16.9. The van der Waals surface area contributed by atoms with Crippen LogP contribution >= 0.6 is 11.6 Å². The van der Waals surface area contributed by atoms with Gasteiger partial charge in [0, 0.05) is 36.7 Å². The first-order valence-corrected chi connectivity index (χ1v) is 7.63. The first kappa shape index (κ1) is 16.4. The number of benzene rings is 1. The molecule has 0 amide bonds. The molecule has 0 unspecified atom stereocenters. The topological polar surface area (TPSA) is 69.4 Å². The summed E-state index contributed by atoms with van der Waals surface area (Å²) in [6.07, 6.45) is 3.55. The van der Waals surface area contributed by atoms with Gasteiger partial charge in [0.1, 0.15) is 10.9 Å². The van der Waals surface area contributed by atoms with Crippen molar-refractivity contribution in [1.29, 1.82) is 0 Å². The fourth-order valence-electron chi connectivity index (χ4n) is 2.38. The number of methoxy groups -OCH3 is 1. The Kier molecular flexibility index (Phi) is 5.10. The van der Waals surface area contributed by atoms with Crippen LogP contribution in [0.2, 0.25) is 5.15 Å². The number of pyridine rings is 1. The quantitative estimate of drug-likeness (QED) is 0.549. The van der Waals surface area contributed by atoms with Crippen molar-refractivity contribution in [2.24, 2.45) is 0 Å². The first-order valence-electron chi connectivity index (χ1n) is 7.25. The Balaban J connectivity index is 2.09. The predicted octanol–water partition coefficient (Wildman–Crippen LogP) is 3.06. The Hall–Kier alpha value is -2.41. The number of hydrogen-bond acceptors (Lipinski definition) is 5. The Morgan fingerprint density at radius 3 is 2.75 bits per heavy atom. The molecule has 3 aromatic rings. The van der Waals surface area contributed by atoms with Gasteiger partial charge in [-0.25, -0.2) is 9.67 Å². The van der Waals surface area contributed by atoms with Gasteiger partial charge in [-0.1, -0.05) is 11.6 Å². The van der Waals surface area contributed by atoms with Gasteiger partial charge in [0.15, 0.2) is 6.79 Å². The second-order valence-corrected chi connectivity index (χ2v) is 5.36. The smallest absolute Gasteiger partial charge is 0.188 e. The fraction of sp³-hybridized carbons (Fsp3) is 0.176. The first-order chi connectivity index (χ1) is 11.7. The van der Waals surface area contributed by atoms with E-state index in [4.69, 9.17) is 21.1 Å². The van der Waals surface area contributed by atoms with Gasteiger partial charge >= 0.3 is 0 Å². The molecule has 124 valence electrons. The molecule has 0 atom stereocenters. The van der Waals surface area contributed by atoms with Gasteiger partial charge in [-0.05, 0) is 30.3 Å². The molecule has 0 bridgehead atoms. The molecule has 2 heterocycles. The highest BCUT2D eigenvalue weighted by atomic mass is 35.5. The maximum absolute atomic E-state index is 9.58. The summed E-state index contributed by atoms with van der Waals surface area (Å²) in [6, 6.07) is 11.0. The van der Waals surface area contributed by atoms with E-state index >= 15 is 0 Å². The van der Waals surface area contributed by atoms with Gasteiger partial charge in [0.2, 0.25) is 0 Å². The molecule has 7 heteroatoms. The third-order valence-electron chi connectivity index (χ3n) is 3.45. The van der Waals surface area contributed by atoms with Crippen LogP contribution in [0.4, 0.5) is 0 Å². The van der Waals surface area contributed by atoms with Crippen molar-refractivity contribution in [3.63, 3.8) is 0 Å². The lowest BCUT2D eigenvalue weighted by Gasteiger charge is -2.15. The third-order valence-corrected chi connectivity index (χ3v) is 3.66. The van der Waals surface area contributed by atoms with Crippen LogP contribution in [0.15, 0.2) is 48.8 Å². The molecule has 0 spiro atoms. The van der Waals surface area contributed by atoms with E-state index in [0.29, 0.717) is 16.6 Å². The number of halogens is 1. The number of ether oxygens (including phenoxy) is 2. The summed E-state index contributed by atoms with van der Waals surface area (Å²) >= 11 is 5.91. The number of aliphatic hydroxyl groups excluding tert-OH is 1. The summed E-state index contributed by atoms with van der Waals surface area (Å²) in [6.45, 7) is -0.119. The van der Waals surface area contributed by atoms with E-state index in [1.54, 1.807) is 24.1 Å². The van der Waals surface area contributed by atoms with Crippen LogP contribution in [-0.4, -0.2) is 33.8 Å². The molecule has 6 nitrogen and oxygen atoms in total. The fourth-order valence-corrected chi connectivity index (χ4v) is 2.54. The summed E-state index contributed by atoms with van der Waals surface area (Å²) in [4.78, 5) is 4.17. The van der Waals surface area contributed by atoms with Crippen LogP contribution in [0.3, 0.4) is 0 Å². The van der Waals surface area contributed by atoms with E-state index in [0.717, 1.165) is 16.8 Å². The van der Waals surface area contributed by atoms with Crippen molar-refractivity contribution in [3.05, 3.63) is 59.6 Å². The molecule has 0 saturated carbocycles. The van der Waals surface area contributed by atoms with E-state index in [9.17, 15) is 5.11 Å². The van der Waals surface area contributed by atoms with E-state index < -0.39 is 0 Å². The van der Waals surface area contributed by atoms with Gasteiger partial charge in [-0.2, -0.15) is 5.10 Å². The maximum Gasteiger partial charge on any atom is 0.188 e. The van der Waals surface area contributed by atoms with Crippen molar-refractivity contribution in [2.75, 3.05) is 13.9 Å². The monoisotopic (exact) mass is 345 g/mol. The normalized spacial score (nSPS) is 10.8. The molecule has 24 heavy (non-hydrogen) atoms. The summed E-state index contributed by atoms with van der Waals surface area (Å²) in [5, 5.41) is 14.1. The molecular weight excluding hydrogens is 330 g/mol. The minimum Gasteiger partial charge on any atom is -0.467 e. The largest absolute Gasteiger partial charge is 0.467 e. The Bertz CT molecular complexity index is 822. The highest BCUT2D eigenvalue weighted by Crippen LogP contribution is 2.34. The van der Waals surface area contributed by atoms with Crippen LogP contribution in [0, 0.1) is 0 Å². The molecule has 3 rings (SSSR count). The Labute approximate surface area is 144 Å². The van der Waals surface area contributed by atoms with Crippen LogP contribution in [0.5, 0.6) is 5.75 Å². The van der Waals surface area contributed by atoms with Crippen molar-refractivity contribution in [1.82, 2.24) is 14.8 Å². The molecule has 0 aliphatic rings. The summed E-state index contributed by atoms with van der Waals surface area (Å²) in [5.41, 5.74) is 2.87. The minimum absolute atomic E-state index is 0.102. The summed E-state index contributed by atoms with van der Waals surface area (Å²) < 4.78 is 12.4. The molecule has 1 aromatic carbocycles. The van der Waals surface area contributed by atoms with E-state index in [1.165, 1.54) is 0 Å². The van der Waals surface area contributed by atoms with Gasteiger partial charge in [0.05, 0.1) is 18.0 Å². The Morgan fingerprint density at radius 2 is 2.04 bits per heavy atom. The van der Waals surface area contributed by atoms with Gasteiger partial charge in [-0.3, -0.25) is 0 Å². The van der Waals surface area contributed by atoms with Gasteiger partial charge in [-0.15, -0.1) is 0 Å². The van der Waals surface area contributed by atoms with E-state index in [1.807, 2.05) is 36.5 Å².